The van der Waals surface area contributed by atoms with Crippen LogP contribution in [0.4, 0.5) is 0 Å². The van der Waals surface area contributed by atoms with Crippen LogP contribution in [0, 0.1) is 18.3 Å². The summed E-state index contributed by atoms with van der Waals surface area (Å²) in [6.07, 6.45) is 7.28. The van der Waals surface area contributed by atoms with Gasteiger partial charge in [0.2, 0.25) is 0 Å². The summed E-state index contributed by atoms with van der Waals surface area (Å²) in [7, 11) is 0. The zero-order chi connectivity index (χ0) is 15.8. The van der Waals surface area contributed by atoms with Crippen molar-refractivity contribution in [3.8, 4) is 17.3 Å². The van der Waals surface area contributed by atoms with E-state index in [1.807, 2.05) is 12.3 Å². The maximum atomic E-state index is 9.24. The van der Waals surface area contributed by atoms with E-state index in [2.05, 4.69) is 41.7 Å². The third-order valence-electron chi connectivity index (χ3n) is 4.81. The number of fused-ring (bicyclic) bond motifs is 2. The Labute approximate surface area is 136 Å². The van der Waals surface area contributed by atoms with Gasteiger partial charge in [-0.2, -0.15) is 5.26 Å². The third kappa shape index (κ3) is 2.31. The smallest absolute Gasteiger partial charge is 0.140 e. The van der Waals surface area contributed by atoms with Crippen LogP contribution >= 0.6 is 0 Å². The molecule has 1 aliphatic carbocycles. The summed E-state index contributed by atoms with van der Waals surface area (Å²) in [6, 6.07) is 13.1. The van der Waals surface area contributed by atoms with Crippen LogP contribution in [0.25, 0.3) is 16.9 Å². The summed E-state index contributed by atoms with van der Waals surface area (Å²) in [4.78, 5) is 4.86. The van der Waals surface area contributed by atoms with Crippen molar-refractivity contribution in [2.45, 2.75) is 39.0 Å². The first-order chi connectivity index (χ1) is 11.3. The van der Waals surface area contributed by atoms with E-state index in [9.17, 15) is 5.26 Å². The molecule has 0 saturated carbocycles. The average molecular weight is 301 g/mol. The monoisotopic (exact) mass is 301 g/mol. The van der Waals surface area contributed by atoms with Gasteiger partial charge < -0.3 is 4.40 Å². The summed E-state index contributed by atoms with van der Waals surface area (Å²) in [5.74, 6) is 0. The summed E-state index contributed by atoms with van der Waals surface area (Å²) < 4.78 is 2.06. The third-order valence-corrected chi connectivity index (χ3v) is 4.81. The second-order valence-electron chi connectivity index (χ2n) is 6.32. The van der Waals surface area contributed by atoms with E-state index in [-0.39, 0.29) is 0 Å². The SMILES string of the molecule is Cc1cccn2c(CC#N)c(-c3ccc4c(c3)CCCC4)nc12. The number of pyridine rings is 1. The van der Waals surface area contributed by atoms with Crippen LogP contribution in [-0.2, 0) is 19.3 Å². The van der Waals surface area contributed by atoms with Gasteiger partial charge in [0.05, 0.1) is 23.9 Å². The van der Waals surface area contributed by atoms with Crippen molar-refractivity contribution in [3.63, 3.8) is 0 Å². The Kier molecular flexibility index (Phi) is 3.38. The molecule has 0 spiro atoms. The Bertz CT molecular complexity index is 928. The van der Waals surface area contributed by atoms with E-state index in [0.29, 0.717) is 6.42 Å². The first kappa shape index (κ1) is 14.0. The lowest BCUT2D eigenvalue weighted by molar-refractivity contribution is 0.686. The molecule has 3 nitrogen and oxygen atoms in total. The molecule has 0 fully saturated rings. The summed E-state index contributed by atoms with van der Waals surface area (Å²) >= 11 is 0. The Morgan fingerprint density at radius 2 is 2.00 bits per heavy atom. The van der Waals surface area contributed by atoms with Crippen LogP contribution in [0.15, 0.2) is 36.5 Å². The van der Waals surface area contributed by atoms with E-state index in [1.165, 1.54) is 30.4 Å². The van der Waals surface area contributed by atoms with Gasteiger partial charge in [0.1, 0.15) is 5.65 Å². The molecule has 4 rings (SSSR count). The molecule has 0 bridgehead atoms. The van der Waals surface area contributed by atoms with Gasteiger partial charge in [-0.15, -0.1) is 0 Å². The van der Waals surface area contributed by atoms with Crippen LogP contribution in [0.2, 0.25) is 0 Å². The van der Waals surface area contributed by atoms with Gasteiger partial charge in [-0.25, -0.2) is 4.98 Å². The molecule has 2 heterocycles. The highest BCUT2D eigenvalue weighted by Gasteiger charge is 2.17. The minimum Gasteiger partial charge on any atom is -0.302 e. The highest BCUT2D eigenvalue weighted by molar-refractivity contribution is 5.69. The van der Waals surface area contributed by atoms with E-state index < -0.39 is 0 Å². The van der Waals surface area contributed by atoms with Gasteiger partial charge in [-0.1, -0.05) is 18.2 Å². The molecule has 1 aromatic carbocycles. The van der Waals surface area contributed by atoms with Crippen molar-refractivity contribution in [1.29, 1.82) is 5.26 Å². The Balaban J connectivity index is 1.93. The van der Waals surface area contributed by atoms with Crippen molar-refractivity contribution >= 4 is 5.65 Å². The number of aryl methyl sites for hydroxylation is 3. The maximum absolute atomic E-state index is 9.24. The first-order valence-electron chi connectivity index (χ1n) is 8.23. The van der Waals surface area contributed by atoms with Crippen molar-refractivity contribution < 1.29 is 0 Å². The van der Waals surface area contributed by atoms with Gasteiger partial charge >= 0.3 is 0 Å². The van der Waals surface area contributed by atoms with Gasteiger partial charge in [-0.05, 0) is 61.4 Å². The number of nitrogens with zero attached hydrogens (tertiary/aromatic N) is 3. The molecule has 1 aliphatic rings. The normalized spacial score (nSPS) is 13.7. The first-order valence-corrected chi connectivity index (χ1v) is 8.23. The number of hydrogen-bond donors (Lipinski definition) is 0. The average Bonchev–Trinajstić information content (AvgIpc) is 2.95. The second kappa shape index (κ2) is 5.55. The van der Waals surface area contributed by atoms with Gasteiger partial charge in [-0.3, -0.25) is 0 Å². The molecule has 0 unspecified atom stereocenters. The lowest BCUT2D eigenvalue weighted by Crippen LogP contribution is -2.02. The fourth-order valence-corrected chi connectivity index (χ4v) is 3.61. The zero-order valence-electron chi connectivity index (χ0n) is 13.3. The van der Waals surface area contributed by atoms with Crippen molar-refractivity contribution in [2.24, 2.45) is 0 Å². The fraction of sp³-hybridized carbons (Fsp3) is 0.300. The maximum Gasteiger partial charge on any atom is 0.140 e. The fourth-order valence-electron chi connectivity index (χ4n) is 3.61. The van der Waals surface area contributed by atoms with Gasteiger partial charge in [0.15, 0.2) is 0 Å². The minimum absolute atomic E-state index is 0.372. The summed E-state index contributed by atoms with van der Waals surface area (Å²) in [5, 5.41) is 9.24. The van der Waals surface area contributed by atoms with E-state index in [0.717, 1.165) is 34.6 Å². The molecule has 114 valence electrons. The summed E-state index contributed by atoms with van der Waals surface area (Å²) in [6.45, 7) is 2.06. The van der Waals surface area contributed by atoms with Gasteiger partial charge in [0.25, 0.3) is 0 Å². The molecular weight excluding hydrogens is 282 g/mol. The standard InChI is InChI=1S/C20H19N3/c1-14-5-4-12-23-18(10-11-21)19(22-20(14)23)17-9-8-15-6-2-3-7-16(15)13-17/h4-5,8-9,12-13H,2-3,6-7,10H2,1H3. The van der Waals surface area contributed by atoms with Crippen molar-refractivity contribution in [2.75, 3.05) is 0 Å². The number of hydrogen-bond acceptors (Lipinski definition) is 2. The second-order valence-corrected chi connectivity index (χ2v) is 6.32. The zero-order valence-corrected chi connectivity index (χ0v) is 13.3. The van der Waals surface area contributed by atoms with Crippen LogP contribution in [0.1, 0.15) is 35.2 Å². The molecule has 2 aromatic heterocycles. The predicted octanol–water partition coefficient (Wildman–Crippen LogP) is 4.25. The number of benzene rings is 1. The topological polar surface area (TPSA) is 41.1 Å². The Morgan fingerprint density at radius 3 is 2.83 bits per heavy atom. The Hall–Kier alpha value is -2.60. The van der Waals surface area contributed by atoms with Crippen molar-refractivity contribution in [3.05, 3.63) is 58.9 Å². The lowest BCUT2D eigenvalue weighted by Gasteiger charge is -2.16. The van der Waals surface area contributed by atoms with Gasteiger partial charge in [0, 0.05) is 11.8 Å². The Morgan fingerprint density at radius 1 is 1.17 bits per heavy atom. The van der Waals surface area contributed by atoms with Crippen LogP contribution in [-0.4, -0.2) is 9.38 Å². The largest absolute Gasteiger partial charge is 0.302 e. The molecule has 0 saturated heterocycles. The predicted molar refractivity (Wildman–Crippen MR) is 91.3 cm³/mol. The number of aromatic nitrogens is 2. The molecule has 0 radical (unpaired) electrons. The summed E-state index contributed by atoms with van der Waals surface area (Å²) in [5.41, 5.74) is 8.09. The van der Waals surface area contributed by atoms with Crippen LogP contribution < -0.4 is 0 Å². The van der Waals surface area contributed by atoms with Crippen LogP contribution in [0.3, 0.4) is 0 Å². The van der Waals surface area contributed by atoms with Crippen LogP contribution in [0.5, 0.6) is 0 Å². The number of nitriles is 1. The number of imidazole rings is 1. The van der Waals surface area contributed by atoms with E-state index in [4.69, 9.17) is 4.98 Å². The molecule has 0 aliphatic heterocycles. The van der Waals surface area contributed by atoms with Crippen molar-refractivity contribution in [1.82, 2.24) is 9.38 Å². The highest BCUT2D eigenvalue weighted by Crippen LogP contribution is 2.30. The van der Waals surface area contributed by atoms with E-state index >= 15 is 0 Å². The molecule has 3 aromatic rings. The molecule has 0 N–H and O–H groups in total. The molecule has 0 atom stereocenters. The molecule has 23 heavy (non-hydrogen) atoms. The lowest BCUT2D eigenvalue weighted by atomic mass is 9.89. The minimum atomic E-state index is 0.372. The molecule has 3 heteroatoms. The quantitative estimate of drug-likeness (QED) is 0.710. The van der Waals surface area contributed by atoms with E-state index in [1.54, 1.807) is 0 Å². The highest BCUT2D eigenvalue weighted by atomic mass is 15.0. The molecular formula is C20H19N3. The number of rotatable bonds is 2. The molecule has 0 amide bonds.